The van der Waals surface area contributed by atoms with Gasteiger partial charge in [0.15, 0.2) is 5.11 Å². The van der Waals surface area contributed by atoms with E-state index in [1.165, 1.54) is 11.1 Å². The van der Waals surface area contributed by atoms with E-state index in [1.54, 1.807) is 14.1 Å². The lowest BCUT2D eigenvalue weighted by atomic mass is 10.2. The first-order valence-electron chi connectivity index (χ1n) is 4.34. The molecule has 1 aromatic heterocycles. The topological polar surface area (TPSA) is 28.2 Å². The minimum absolute atomic E-state index is 0.286. The second kappa shape index (κ2) is 4.65. The van der Waals surface area contributed by atoms with Crippen LogP contribution in [0.3, 0.4) is 0 Å². The first kappa shape index (κ1) is 12.7. The Balaban J connectivity index is 3.04. The molecule has 7 heteroatoms. The van der Waals surface area contributed by atoms with Gasteiger partial charge in [-0.15, -0.1) is 0 Å². The van der Waals surface area contributed by atoms with Crippen molar-refractivity contribution >= 4 is 23.0 Å². The average Bonchev–Trinajstić information content (AvgIpc) is 2.26. The van der Waals surface area contributed by atoms with Gasteiger partial charge in [-0.3, -0.25) is 4.98 Å². The van der Waals surface area contributed by atoms with E-state index in [1.807, 2.05) is 0 Å². The number of rotatable bonds is 1. The number of aromatic nitrogens is 1. The van der Waals surface area contributed by atoms with Crippen LogP contribution in [0.1, 0.15) is 5.56 Å². The number of hydrogen-bond acceptors (Lipinski definition) is 2. The minimum Gasteiger partial charge on any atom is -0.365 e. The zero-order chi connectivity index (χ0) is 12.3. The molecule has 0 aliphatic carbocycles. The second-order valence-corrected chi connectivity index (χ2v) is 3.43. The predicted octanol–water partition coefficient (Wildman–Crippen LogP) is 2.04. The first-order valence-corrected chi connectivity index (χ1v) is 4.74. The average molecular weight is 249 g/mol. The highest BCUT2D eigenvalue weighted by Gasteiger charge is 2.31. The van der Waals surface area contributed by atoms with E-state index in [0.29, 0.717) is 5.11 Å². The Kier molecular flexibility index (Phi) is 3.69. The molecule has 3 nitrogen and oxygen atoms in total. The van der Waals surface area contributed by atoms with Gasteiger partial charge in [-0.1, -0.05) is 0 Å². The van der Waals surface area contributed by atoms with E-state index in [0.717, 1.165) is 12.3 Å². The molecule has 88 valence electrons. The van der Waals surface area contributed by atoms with Crippen LogP contribution in [0.2, 0.25) is 0 Å². The van der Waals surface area contributed by atoms with Crippen LogP contribution in [-0.2, 0) is 6.18 Å². The van der Waals surface area contributed by atoms with E-state index in [9.17, 15) is 13.2 Å². The van der Waals surface area contributed by atoms with E-state index in [4.69, 9.17) is 12.2 Å². The highest BCUT2D eigenvalue weighted by molar-refractivity contribution is 7.80. The summed E-state index contributed by atoms with van der Waals surface area (Å²) in [6.45, 7) is 0. The van der Waals surface area contributed by atoms with Gasteiger partial charge in [0.25, 0.3) is 0 Å². The van der Waals surface area contributed by atoms with Crippen LogP contribution in [0, 0.1) is 0 Å². The summed E-state index contributed by atoms with van der Waals surface area (Å²) < 4.78 is 37.2. The monoisotopic (exact) mass is 249 g/mol. The molecule has 0 unspecified atom stereocenters. The van der Waals surface area contributed by atoms with Crippen molar-refractivity contribution in [3.63, 3.8) is 0 Å². The van der Waals surface area contributed by atoms with Crippen molar-refractivity contribution in [1.29, 1.82) is 0 Å². The molecule has 1 N–H and O–H groups in total. The number of nitrogens with zero attached hydrogens (tertiary/aromatic N) is 2. The van der Waals surface area contributed by atoms with Crippen molar-refractivity contribution in [2.45, 2.75) is 6.18 Å². The number of alkyl halides is 3. The molecule has 0 radical (unpaired) electrons. The maximum Gasteiger partial charge on any atom is 0.417 e. The smallest absolute Gasteiger partial charge is 0.365 e. The molecule has 0 saturated carbocycles. The number of pyridine rings is 1. The molecule has 0 aliphatic heterocycles. The van der Waals surface area contributed by atoms with Gasteiger partial charge in [-0.05, 0) is 18.3 Å². The third kappa shape index (κ3) is 2.82. The van der Waals surface area contributed by atoms with Crippen LogP contribution in [0.15, 0.2) is 18.5 Å². The van der Waals surface area contributed by atoms with Gasteiger partial charge in [0.1, 0.15) is 0 Å². The van der Waals surface area contributed by atoms with Gasteiger partial charge < -0.3 is 10.2 Å². The summed E-state index contributed by atoms with van der Waals surface area (Å²) in [4.78, 5) is 4.95. The lowest BCUT2D eigenvalue weighted by Crippen LogP contribution is -2.34. The third-order valence-corrected chi connectivity index (χ3v) is 2.43. The molecule has 0 atom stereocenters. The van der Waals surface area contributed by atoms with Crippen LogP contribution in [0.5, 0.6) is 0 Å². The summed E-state index contributed by atoms with van der Waals surface area (Å²) in [5.74, 6) is 0. The van der Waals surface area contributed by atoms with Gasteiger partial charge in [0, 0.05) is 20.3 Å². The van der Waals surface area contributed by atoms with E-state index in [2.05, 4.69) is 10.3 Å². The molecular formula is C9H10F3N3S. The van der Waals surface area contributed by atoms with Crippen LogP contribution >= 0.6 is 12.2 Å². The number of nitrogens with one attached hydrogen (secondary N) is 1. The Labute approximate surface area is 96.3 Å². The predicted molar refractivity (Wildman–Crippen MR) is 59.3 cm³/mol. The van der Waals surface area contributed by atoms with Gasteiger partial charge in [-0.25, -0.2) is 0 Å². The molecule has 16 heavy (non-hydrogen) atoms. The Bertz CT molecular complexity index is 392. The normalized spacial score (nSPS) is 11.1. The Morgan fingerprint density at radius 3 is 2.56 bits per heavy atom. The van der Waals surface area contributed by atoms with Gasteiger partial charge in [-0.2, -0.15) is 13.2 Å². The molecule has 0 fully saturated rings. The largest absolute Gasteiger partial charge is 0.417 e. The van der Waals surface area contributed by atoms with Crippen LogP contribution < -0.4 is 10.2 Å². The van der Waals surface area contributed by atoms with Gasteiger partial charge in [0.2, 0.25) is 0 Å². The summed E-state index contributed by atoms with van der Waals surface area (Å²) in [6, 6.07) is 0.997. The van der Waals surface area contributed by atoms with Crippen molar-refractivity contribution in [2.24, 2.45) is 0 Å². The molecular weight excluding hydrogens is 239 g/mol. The Hall–Kier alpha value is -1.37. The van der Waals surface area contributed by atoms with Crippen LogP contribution in [0.4, 0.5) is 18.9 Å². The minimum atomic E-state index is -4.40. The highest BCUT2D eigenvalue weighted by atomic mass is 32.1. The molecule has 1 heterocycles. The zero-order valence-electron chi connectivity index (χ0n) is 8.67. The number of halogens is 3. The summed E-state index contributed by atoms with van der Waals surface area (Å²) >= 11 is 4.90. The maximum absolute atomic E-state index is 12.4. The van der Waals surface area contributed by atoms with E-state index in [-0.39, 0.29) is 5.69 Å². The summed E-state index contributed by atoms with van der Waals surface area (Å²) in [7, 11) is 3.16. The lowest BCUT2D eigenvalue weighted by Gasteiger charge is -2.20. The number of thiocarbonyl (C=S) groups is 1. The number of anilines is 1. The Morgan fingerprint density at radius 2 is 2.06 bits per heavy atom. The van der Waals surface area contributed by atoms with Crippen molar-refractivity contribution in [3.05, 3.63) is 24.0 Å². The quantitative estimate of drug-likeness (QED) is 0.771. The zero-order valence-corrected chi connectivity index (χ0v) is 9.49. The fourth-order valence-electron chi connectivity index (χ4n) is 1.05. The summed E-state index contributed by atoms with van der Waals surface area (Å²) in [5.41, 5.74) is -0.509. The molecule has 1 rings (SSSR count). The van der Waals surface area contributed by atoms with E-state index < -0.39 is 11.7 Å². The van der Waals surface area contributed by atoms with Crippen molar-refractivity contribution in [2.75, 3.05) is 19.0 Å². The fourth-order valence-corrected chi connectivity index (χ4v) is 1.16. The molecule has 0 aromatic carbocycles. The van der Waals surface area contributed by atoms with Crippen molar-refractivity contribution < 1.29 is 13.2 Å². The summed E-state index contributed by atoms with van der Waals surface area (Å²) in [6.07, 6.45) is -2.30. The maximum atomic E-state index is 12.4. The molecule has 1 aromatic rings. The highest BCUT2D eigenvalue weighted by Crippen LogP contribution is 2.30. The van der Waals surface area contributed by atoms with Crippen molar-refractivity contribution in [3.8, 4) is 0 Å². The Morgan fingerprint density at radius 1 is 1.44 bits per heavy atom. The fraction of sp³-hybridized carbons (Fsp3) is 0.333. The van der Waals surface area contributed by atoms with E-state index >= 15 is 0 Å². The SMILES string of the molecule is CNC(=S)N(C)c1cncc(C(F)(F)F)c1. The molecule has 0 spiro atoms. The third-order valence-electron chi connectivity index (χ3n) is 1.96. The van der Waals surface area contributed by atoms with Crippen LogP contribution in [-0.4, -0.2) is 24.2 Å². The second-order valence-electron chi connectivity index (χ2n) is 3.04. The lowest BCUT2D eigenvalue weighted by molar-refractivity contribution is -0.137. The first-order chi connectivity index (χ1) is 7.36. The molecule has 0 saturated heterocycles. The summed E-state index contributed by atoms with van der Waals surface area (Å²) in [5, 5.41) is 2.99. The molecule has 0 amide bonds. The molecule has 0 aliphatic rings. The van der Waals surface area contributed by atoms with Gasteiger partial charge in [0.05, 0.1) is 17.4 Å². The van der Waals surface area contributed by atoms with Crippen molar-refractivity contribution in [1.82, 2.24) is 10.3 Å². The standard InChI is InChI=1S/C9H10F3N3S/c1-13-8(16)15(2)7-3-6(4-14-5-7)9(10,11)12/h3-5H,1-2H3,(H,13,16). The molecule has 0 bridgehead atoms. The van der Waals surface area contributed by atoms with Gasteiger partial charge >= 0.3 is 6.18 Å². The number of hydrogen-bond donors (Lipinski definition) is 1. The van der Waals surface area contributed by atoms with Crippen LogP contribution in [0.25, 0.3) is 0 Å².